The van der Waals surface area contributed by atoms with E-state index < -0.39 is 0 Å². The summed E-state index contributed by atoms with van der Waals surface area (Å²) in [7, 11) is 3.21. The van der Waals surface area contributed by atoms with Crippen molar-refractivity contribution >= 4 is 11.7 Å². The Bertz CT molecular complexity index is 1050. The van der Waals surface area contributed by atoms with Crippen LogP contribution in [0.3, 0.4) is 0 Å². The first-order chi connectivity index (χ1) is 16.2. The van der Waals surface area contributed by atoms with E-state index in [2.05, 4.69) is 20.2 Å². The van der Waals surface area contributed by atoms with Crippen LogP contribution in [-0.2, 0) is 11.3 Å². The van der Waals surface area contributed by atoms with Crippen LogP contribution in [0.2, 0.25) is 0 Å². The van der Waals surface area contributed by atoms with Crippen LogP contribution in [-0.4, -0.2) is 43.2 Å². The molecule has 1 aromatic heterocycles. The van der Waals surface area contributed by atoms with Gasteiger partial charge in [0.15, 0.2) is 5.82 Å². The van der Waals surface area contributed by atoms with Gasteiger partial charge in [-0.05, 0) is 42.7 Å². The second-order valence-electron chi connectivity index (χ2n) is 7.82. The van der Waals surface area contributed by atoms with Crippen LogP contribution in [0.5, 0.6) is 23.1 Å². The molecular formula is C25H28N4O4. The Morgan fingerprint density at radius 1 is 1.03 bits per heavy atom. The lowest BCUT2D eigenvalue weighted by Gasteiger charge is -2.33. The summed E-state index contributed by atoms with van der Waals surface area (Å²) in [6, 6.07) is 15.1. The number of hydrogen-bond acceptors (Lipinski definition) is 7. The molecule has 1 saturated heterocycles. The van der Waals surface area contributed by atoms with E-state index in [1.165, 1.54) is 0 Å². The molecule has 0 bridgehead atoms. The number of ether oxygens (including phenoxy) is 3. The monoisotopic (exact) mass is 448 g/mol. The number of rotatable bonds is 8. The average Bonchev–Trinajstić information content (AvgIpc) is 2.88. The van der Waals surface area contributed by atoms with E-state index in [-0.39, 0.29) is 11.8 Å². The zero-order valence-electron chi connectivity index (χ0n) is 18.9. The summed E-state index contributed by atoms with van der Waals surface area (Å²) in [4.78, 5) is 23.9. The minimum Gasteiger partial charge on any atom is -0.497 e. The summed E-state index contributed by atoms with van der Waals surface area (Å²) < 4.78 is 16.6. The molecule has 2 aromatic carbocycles. The van der Waals surface area contributed by atoms with Gasteiger partial charge in [0.25, 0.3) is 5.88 Å². The van der Waals surface area contributed by atoms with Crippen molar-refractivity contribution in [3.05, 3.63) is 66.5 Å². The first kappa shape index (κ1) is 22.4. The number of aromatic nitrogens is 2. The van der Waals surface area contributed by atoms with Gasteiger partial charge in [0.2, 0.25) is 5.91 Å². The van der Waals surface area contributed by atoms with Crippen LogP contribution < -0.4 is 24.4 Å². The van der Waals surface area contributed by atoms with Crippen LogP contribution in [0, 0.1) is 5.92 Å². The van der Waals surface area contributed by atoms with Crippen molar-refractivity contribution in [1.82, 2.24) is 15.3 Å². The molecule has 1 atom stereocenters. The predicted molar refractivity (Wildman–Crippen MR) is 125 cm³/mol. The van der Waals surface area contributed by atoms with Gasteiger partial charge in [0.05, 0.1) is 20.1 Å². The summed E-state index contributed by atoms with van der Waals surface area (Å²) >= 11 is 0. The lowest BCUT2D eigenvalue weighted by molar-refractivity contribution is -0.125. The molecule has 2 heterocycles. The second-order valence-corrected chi connectivity index (χ2v) is 7.82. The van der Waals surface area contributed by atoms with E-state index in [0.717, 1.165) is 24.9 Å². The van der Waals surface area contributed by atoms with Crippen LogP contribution in [0.25, 0.3) is 0 Å². The molecule has 1 aliphatic rings. The summed E-state index contributed by atoms with van der Waals surface area (Å²) in [6.45, 7) is 1.74. The second kappa shape index (κ2) is 10.7. The Hall–Kier alpha value is -3.81. The number of piperidine rings is 1. The van der Waals surface area contributed by atoms with Crippen molar-refractivity contribution < 1.29 is 19.0 Å². The van der Waals surface area contributed by atoms with Gasteiger partial charge in [-0.2, -0.15) is 0 Å². The molecule has 33 heavy (non-hydrogen) atoms. The lowest BCUT2D eigenvalue weighted by Crippen LogP contribution is -2.43. The number of methoxy groups -OCH3 is 2. The van der Waals surface area contributed by atoms with Crippen molar-refractivity contribution in [2.24, 2.45) is 5.92 Å². The first-order valence-electron chi connectivity index (χ1n) is 10.9. The van der Waals surface area contributed by atoms with E-state index in [4.69, 9.17) is 14.2 Å². The number of carbonyl (C=O) groups excluding carboxylic acids is 1. The van der Waals surface area contributed by atoms with Gasteiger partial charge >= 0.3 is 0 Å². The maximum atomic E-state index is 13.0. The van der Waals surface area contributed by atoms with Gasteiger partial charge < -0.3 is 24.4 Å². The largest absolute Gasteiger partial charge is 0.497 e. The van der Waals surface area contributed by atoms with Crippen molar-refractivity contribution in [1.29, 1.82) is 0 Å². The Balaban J connectivity index is 1.41. The average molecular weight is 449 g/mol. The topological polar surface area (TPSA) is 85.8 Å². The predicted octanol–water partition coefficient (Wildman–Crippen LogP) is 3.82. The maximum absolute atomic E-state index is 13.0. The van der Waals surface area contributed by atoms with E-state index in [0.29, 0.717) is 42.0 Å². The molecule has 0 unspecified atom stereocenters. The molecule has 172 valence electrons. The van der Waals surface area contributed by atoms with E-state index in [1.807, 2.05) is 42.5 Å². The van der Waals surface area contributed by atoms with Crippen molar-refractivity contribution in [3.8, 4) is 23.1 Å². The fourth-order valence-electron chi connectivity index (χ4n) is 3.89. The SMILES string of the molecule is COc1cc(CNC(=O)[C@@H]2CCCN(c3nccnc3Oc3ccccc3)C2)cc(OC)c1. The molecule has 4 rings (SSSR count). The van der Waals surface area contributed by atoms with Crippen LogP contribution in [0.15, 0.2) is 60.9 Å². The number of carbonyl (C=O) groups is 1. The van der Waals surface area contributed by atoms with Crippen LogP contribution >= 0.6 is 0 Å². The first-order valence-corrected chi connectivity index (χ1v) is 10.9. The third-order valence-electron chi connectivity index (χ3n) is 5.57. The summed E-state index contributed by atoms with van der Waals surface area (Å²) in [5.74, 6) is 3.02. The molecule has 8 heteroatoms. The van der Waals surface area contributed by atoms with Gasteiger partial charge in [-0.15, -0.1) is 0 Å². The highest BCUT2D eigenvalue weighted by molar-refractivity contribution is 5.79. The normalized spacial score (nSPS) is 15.6. The van der Waals surface area contributed by atoms with Gasteiger partial charge in [0, 0.05) is 38.1 Å². The number of amides is 1. The molecular weight excluding hydrogens is 420 g/mol. The molecule has 0 aliphatic carbocycles. The van der Waals surface area contributed by atoms with Crippen molar-refractivity contribution in [3.63, 3.8) is 0 Å². The fourth-order valence-corrected chi connectivity index (χ4v) is 3.89. The van der Waals surface area contributed by atoms with E-state index in [9.17, 15) is 4.79 Å². The summed E-state index contributed by atoms with van der Waals surface area (Å²) in [5, 5.41) is 3.05. The van der Waals surface area contributed by atoms with E-state index in [1.54, 1.807) is 32.7 Å². The smallest absolute Gasteiger partial charge is 0.263 e. The molecule has 0 spiro atoms. The standard InChI is InChI=1S/C25H28N4O4/c1-31-21-13-18(14-22(15-21)32-2)16-28-24(30)19-7-6-12-29(17-19)23-25(27-11-10-26-23)33-20-8-4-3-5-9-20/h3-5,8-11,13-15,19H,6-7,12,16-17H2,1-2H3,(H,28,30)/t19-/m1/s1. The lowest BCUT2D eigenvalue weighted by atomic mass is 9.97. The van der Waals surface area contributed by atoms with Gasteiger partial charge in [-0.1, -0.05) is 18.2 Å². The van der Waals surface area contributed by atoms with Crippen molar-refractivity contribution in [2.75, 3.05) is 32.2 Å². The van der Waals surface area contributed by atoms with Gasteiger partial charge in [-0.3, -0.25) is 4.79 Å². The number of nitrogens with one attached hydrogen (secondary N) is 1. The fraction of sp³-hybridized carbons (Fsp3) is 0.320. The number of anilines is 1. The number of para-hydroxylation sites is 1. The Labute approximate surface area is 193 Å². The molecule has 1 fully saturated rings. The van der Waals surface area contributed by atoms with Crippen LogP contribution in [0.1, 0.15) is 18.4 Å². The van der Waals surface area contributed by atoms with Gasteiger partial charge in [0.1, 0.15) is 17.2 Å². The zero-order valence-corrected chi connectivity index (χ0v) is 18.9. The Morgan fingerprint density at radius 3 is 2.48 bits per heavy atom. The molecule has 8 nitrogen and oxygen atoms in total. The zero-order chi connectivity index (χ0) is 23.0. The minimum atomic E-state index is -0.155. The van der Waals surface area contributed by atoms with Gasteiger partial charge in [-0.25, -0.2) is 9.97 Å². The molecule has 1 amide bonds. The maximum Gasteiger partial charge on any atom is 0.263 e. The molecule has 0 radical (unpaired) electrons. The Kier molecular flexibility index (Phi) is 7.24. The third-order valence-corrected chi connectivity index (χ3v) is 5.57. The summed E-state index contributed by atoms with van der Waals surface area (Å²) in [5.41, 5.74) is 0.916. The third kappa shape index (κ3) is 5.71. The number of benzene rings is 2. The summed E-state index contributed by atoms with van der Waals surface area (Å²) in [6.07, 6.45) is 4.96. The van der Waals surface area contributed by atoms with Crippen molar-refractivity contribution in [2.45, 2.75) is 19.4 Å². The Morgan fingerprint density at radius 2 is 1.76 bits per heavy atom. The highest BCUT2D eigenvalue weighted by atomic mass is 16.5. The molecule has 1 N–H and O–H groups in total. The number of nitrogens with zero attached hydrogens (tertiary/aromatic N) is 3. The molecule has 1 aliphatic heterocycles. The number of hydrogen-bond donors (Lipinski definition) is 1. The van der Waals surface area contributed by atoms with E-state index >= 15 is 0 Å². The highest BCUT2D eigenvalue weighted by Gasteiger charge is 2.28. The quantitative estimate of drug-likeness (QED) is 0.561. The highest BCUT2D eigenvalue weighted by Crippen LogP contribution is 2.31. The minimum absolute atomic E-state index is 0.0101. The molecule has 0 saturated carbocycles. The van der Waals surface area contributed by atoms with Crippen LogP contribution in [0.4, 0.5) is 5.82 Å². The molecule has 3 aromatic rings.